The lowest BCUT2D eigenvalue weighted by Gasteiger charge is -2.30. The zero-order chi connectivity index (χ0) is 23.1. The average Bonchev–Trinajstić information content (AvgIpc) is 2.74. The molecule has 2 aromatic carbocycles. The Balaban J connectivity index is 2.08. The lowest BCUT2D eigenvalue weighted by atomic mass is 9.99. The molecule has 0 saturated carbocycles. The minimum absolute atomic E-state index is 0.0547. The molecule has 0 spiro atoms. The fourth-order valence-corrected chi connectivity index (χ4v) is 4.61. The lowest BCUT2D eigenvalue weighted by molar-refractivity contribution is -0.116. The van der Waals surface area contributed by atoms with Crippen molar-refractivity contribution in [3.05, 3.63) is 47.8 Å². The molecule has 32 heavy (non-hydrogen) atoms. The third-order valence-electron chi connectivity index (χ3n) is 6.12. The molecule has 0 radical (unpaired) electrons. The van der Waals surface area contributed by atoms with Gasteiger partial charge in [-0.2, -0.15) is 0 Å². The van der Waals surface area contributed by atoms with E-state index in [0.29, 0.717) is 11.5 Å². The summed E-state index contributed by atoms with van der Waals surface area (Å²) in [5.74, 6) is 0.487. The molecule has 3 rings (SSSR count). The van der Waals surface area contributed by atoms with Crippen LogP contribution in [-0.2, 0) is 11.3 Å². The fraction of sp³-hybridized carbons (Fsp3) is 0.519. The fourth-order valence-electron chi connectivity index (χ4n) is 4.61. The second kappa shape index (κ2) is 11.5. The van der Waals surface area contributed by atoms with Gasteiger partial charge in [0, 0.05) is 37.8 Å². The number of rotatable bonds is 4. The highest BCUT2D eigenvalue weighted by atomic mass is 19.1. The van der Waals surface area contributed by atoms with Gasteiger partial charge in [-0.1, -0.05) is 51.3 Å². The van der Waals surface area contributed by atoms with Crippen LogP contribution in [0.3, 0.4) is 0 Å². The van der Waals surface area contributed by atoms with Gasteiger partial charge in [-0.15, -0.1) is 0 Å². The Morgan fingerprint density at radius 3 is 2.47 bits per heavy atom. The number of benzene rings is 2. The molecule has 0 bridgehead atoms. The molecule has 174 valence electrons. The highest BCUT2D eigenvalue weighted by Crippen LogP contribution is 2.33. The summed E-state index contributed by atoms with van der Waals surface area (Å²) in [4.78, 5) is 16.9. The molecular formula is C27H37FN2O2. The predicted molar refractivity (Wildman–Crippen MR) is 130 cm³/mol. The molecule has 2 aromatic rings. The standard InChI is InChI=1S/C27H37FN2O2/c1-20(2)18-29-15-8-6-5-7-9-16-30(21(3)31)25-14-13-22(17-23(25)19-29)24-11-10-12-26(32-4)27(24)28/h10-14,17,20H,5-9,15-16,18-19H2,1-4H3. The summed E-state index contributed by atoms with van der Waals surface area (Å²) >= 11 is 0. The number of halogens is 1. The van der Waals surface area contributed by atoms with E-state index in [0.717, 1.165) is 55.8 Å². The van der Waals surface area contributed by atoms with Crippen LogP contribution in [0.1, 0.15) is 58.4 Å². The van der Waals surface area contributed by atoms with Crippen molar-refractivity contribution in [1.82, 2.24) is 4.90 Å². The minimum atomic E-state index is -0.356. The van der Waals surface area contributed by atoms with Crippen LogP contribution in [0.4, 0.5) is 10.1 Å². The molecule has 0 atom stereocenters. The zero-order valence-corrected chi connectivity index (χ0v) is 20.0. The van der Waals surface area contributed by atoms with E-state index in [1.165, 1.54) is 26.4 Å². The molecule has 0 aromatic heterocycles. The van der Waals surface area contributed by atoms with Crippen molar-refractivity contribution in [2.45, 2.75) is 59.4 Å². The van der Waals surface area contributed by atoms with Crippen LogP contribution in [-0.4, -0.2) is 37.6 Å². The minimum Gasteiger partial charge on any atom is -0.494 e. The Morgan fingerprint density at radius 1 is 1.06 bits per heavy atom. The lowest BCUT2D eigenvalue weighted by Crippen LogP contribution is -2.33. The summed E-state index contributed by atoms with van der Waals surface area (Å²) in [7, 11) is 1.48. The highest BCUT2D eigenvalue weighted by Gasteiger charge is 2.20. The Hall–Kier alpha value is -2.40. The molecule has 1 heterocycles. The second-order valence-corrected chi connectivity index (χ2v) is 9.23. The van der Waals surface area contributed by atoms with Crippen LogP contribution in [0.15, 0.2) is 36.4 Å². The number of ether oxygens (including phenoxy) is 1. The van der Waals surface area contributed by atoms with Crippen molar-refractivity contribution >= 4 is 11.6 Å². The predicted octanol–water partition coefficient (Wildman–Crippen LogP) is 6.28. The number of anilines is 1. The van der Waals surface area contributed by atoms with Gasteiger partial charge >= 0.3 is 0 Å². The molecular weight excluding hydrogens is 403 g/mol. The second-order valence-electron chi connectivity index (χ2n) is 9.23. The normalized spacial score (nSPS) is 16.2. The molecule has 0 N–H and O–H groups in total. The highest BCUT2D eigenvalue weighted by molar-refractivity contribution is 5.92. The Kier molecular flexibility index (Phi) is 8.68. The van der Waals surface area contributed by atoms with E-state index in [1.54, 1.807) is 19.1 Å². The maximum Gasteiger partial charge on any atom is 0.223 e. The third-order valence-corrected chi connectivity index (χ3v) is 6.12. The summed E-state index contributed by atoms with van der Waals surface area (Å²) in [5, 5.41) is 0. The number of hydrogen-bond donors (Lipinski definition) is 0. The van der Waals surface area contributed by atoms with Crippen molar-refractivity contribution in [3.8, 4) is 16.9 Å². The van der Waals surface area contributed by atoms with Gasteiger partial charge in [0.05, 0.1) is 7.11 Å². The summed E-state index contributed by atoms with van der Waals surface area (Å²) in [6, 6.07) is 11.2. The number of carbonyl (C=O) groups excluding carboxylic acids is 1. The van der Waals surface area contributed by atoms with Crippen molar-refractivity contribution in [1.29, 1.82) is 0 Å². The van der Waals surface area contributed by atoms with E-state index in [1.807, 2.05) is 23.1 Å². The largest absolute Gasteiger partial charge is 0.494 e. The Labute approximate surface area is 192 Å². The smallest absolute Gasteiger partial charge is 0.223 e. The summed E-state index contributed by atoms with van der Waals surface area (Å²) < 4.78 is 20.2. The van der Waals surface area contributed by atoms with Gasteiger partial charge in [0.1, 0.15) is 0 Å². The molecule has 0 fully saturated rings. The van der Waals surface area contributed by atoms with Crippen molar-refractivity contribution in [2.24, 2.45) is 5.92 Å². The average molecular weight is 441 g/mol. The number of carbonyl (C=O) groups is 1. The number of methoxy groups -OCH3 is 1. The van der Waals surface area contributed by atoms with Gasteiger partial charge < -0.3 is 9.64 Å². The molecule has 0 aliphatic carbocycles. The molecule has 1 amide bonds. The molecule has 0 unspecified atom stereocenters. The first-order valence-electron chi connectivity index (χ1n) is 11.9. The van der Waals surface area contributed by atoms with Crippen molar-refractivity contribution in [3.63, 3.8) is 0 Å². The summed E-state index contributed by atoms with van der Waals surface area (Å²) in [5.41, 5.74) is 3.34. The quantitative estimate of drug-likeness (QED) is 0.561. The van der Waals surface area contributed by atoms with E-state index >= 15 is 4.39 Å². The van der Waals surface area contributed by atoms with Crippen molar-refractivity contribution in [2.75, 3.05) is 31.6 Å². The number of hydrogen-bond acceptors (Lipinski definition) is 3. The van der Waals surface area contributed by atoms with E-state index in [9.17, 15) is 4.79 Å². The van der Waals surface area contributed by atoms with Crippen LogP contribution in [0.2, 0.25) is 0 Å². The van der Waals surface area contributed by atoms with Crippen LogP contribution in [0, 0.1) is 11.7 Å². The van der Waals surface area contributed by atoms with Gasteiger partial charge in [0.2, 0.25) is 5.91 Å². The van der Waals surface area contributed by atoms with Gasteiger partial charge in [-0.3, -0.25) is 9.69 Å². The van der Waals surface area contributed by atoms with Crippen LogP contribution in [0.25, 0.3) is 11.1 Å². The first-order valence-corrected chi connectivity index (χ1v) is 11.9. The first-order chi connectivity index (χ1) is 15.4. The number of nitrogens with zero attached hydrogens (tertiary/aromatic N) is 2. The van der Waals surface area contributed by atoms with Crippen LogP contribution in [0.5, 0.6) is 5.75 Å². The maximum atomic E-state index is 15.0. The molecule has 0 saturated heterocycles. The van der Waals surface area contributed by atoms with Gasteiger partial charge in [-0.05, 0) is 54.6 Å². The first kappa shape index (κ1) is 24.2. The Bertz CT molecular complexity index is 913. The van der Waals surface area contributed by atoms with Crippen molar-refractivity contribution < 1.29 is 13.9 Å². The number of fused-ring (bicyclic) bond motifs is 1. The SMILES string of the molecule is COc1cccc(-c2ccc3c(c2)CN(CC(C)C)CCCCCCCN3C(C)=O)c1F. The van der Waals surface area contributed by atoms with E-state index in [2.05, 4.69) is 24.8 Å². The van der Waals surface area contributed by atoms with Gasteiger partial charge in [0.15, 0.2) is 11.6 Å². The maximum absolute atomic E-state index is 15.0. The monoisotopic (exact) mass is 440 g/mol. The molecule has 4 nitrogen and oxygen atoms in total. The van der Waals surface area contributed by atoms with Gasteiger partial charge in [0.25, 0.3) is 0 Å². The van der Waals surface area contributed by atoms with E-state index in [4.69, 9.17) is 4.74 Å². The Morgan fingerprint density at radius 2 is 1.78 bits per heavy atom. The van der Waals surface area contributed by atoms with E-state index in [-0.39, 0.29) is 17.5 Å². The molecule has 5 heteroatoms. The van der Waals surface area contributed by atoms with Gasteiger partial charge in [-0.25, -0.2) is 4.39 Å². The zero-order valence-electron chi connectivity index (χ0n) is 20.0. The van der Waals surface area contributed by atoms with E-state index < -0.39 is 0 Å². The van der Waals surface area contributed by atoms with Crippen LogP contribution < -0.4 is 9.64 Å². The summed E-state index contributed by atoms with van der Waals surface area (Å²) in [6.07, 6.45) is 5.75. The molecule has 1 aliphatic heterocycles. The third kappa shape index (κ3) is 6.10. The summed E-state index contributed by atoms with van der Waals surface area (Å²) in [6.45, 7) is 9.61. The topological polar surface area (TPSA) is 32.8 Å². The van der Waals surface area contributed by atoms with Crippen LogP contribution >= 0.6 is 0 Å². The molecule has 1 aliphatic rings. The number of amides is 1.